The maximum Gasteiger partial charge on any atom is 0.147 e. The average Bonchev–Trinajstić information content (AvgIpc) is 2.41. The monoisotopic (exact) mass is 374 g/mol. The van der Waals surface area contributed by atoms with Gasteiger partial charge in [-0.25, -0.2) is 14.4 Å². The van der Waals surface area contributed by atoms with Crippen molar-refractivity contribution in [3.8, 4) is 0 Å². The van der Waals surface area contributed by atoms with E-state index in [0.29, 0.717) is 16.7 Å². The lowest BCUT2D eigenvalue weighted by molar-refractivity contribution is 0.626. The van der Waals surface area contributed by atoms with Crippen LogP contribution in [-0.2, 0) is 5.75 Å². The van der Waals surface area contributed by atoms with Gasteiger partial charge in [-0.3, -0.25) is 0 Å². The van der Waals surface area contributed by atoms with Gasteiger partial charge in [-0.2, -0.15) is 0 Å². The van der Waals surface area contributed by atoms with Crippen molar-refractivity contribution < 1.29 is 4.39 Å². The minimum atomic E-state index is -0.237. The van der Waals surface area contributed by atoms with Crippen LogP contribution in [0.5, 0.6) is 0 Å². The van der Waals surface area contributed by atoms with Gasteiger partial charge in [0.05, 0.1) is 15.9 Å². The van der Waals surface area contributed by atoms with Crippen LogP contribution in [0, 0.1) is 5.82 Å². The largest absolute Gasteiger partial charge is 0.235 e. The van der Waals surface area contributed by atoms with E-state index in [4.69, 9.17) is 11.6 Å². The molecule has 2 nitrogen and oxygen atoms in total. The van der Waals surface area contributed by atoms with Crippen LogP contribution < -0.4 is 0 Å². The lowest BCUT2D eigenvalue weighted by atomic mass is 10.1. The maximum atomic E-state index is 12.8. The van der Waals surface area contributed by atoms with E-state index in [1.807, 2.05) is 0 Å². The number of thioether (sulfide) groups is 1. The van der Waals surface area contributed by atoms with Gasteiger partial charge in [0.25, 0.3) is 0 Å². The van der Waals surface area contributed by atoms with Gasteiger partial charge >= 0.3 is 0 Å². The zero-order valence-corrected chi connectivity index (χ0v) is 14.2. The van der Waals surface area contributed by atoms with Crippen LogP contribution in [0.25, 0.3) is 0 Å². The Morgan fingerprint density at radius 1 is 1.25 bits per heavy atom. The summed E-state index contributed by atoms with van der Waals surface area (Å²) in [5.41, 5.74) is 0.903. The average molecular weight is 376 g/mol. The molecule has 1 aromatic heterocycles. The van der Waals surface area contributed by atoms with Crippen molar-refractivity contribution >= 4 is 39.3 Å². The summed E-state index contributed by atoms with van der Waals surface area (Å²) in [5, 5.41) is 0.429. The normalized spacial score (nSPS) is 11.1. The first kappa shape index (κ1) is 15.7. The van der Waals surface area contributed by atoms with Gasteiger partial charge in [0.15, 0.2) is 0 Å². The summed E-state index contributed by atoms with van der Waals surface area (Å²) in [4.78, 5) is 9.76. The molecule has 0 unspecified atom stereocenters. The molecule has 0 radical (unpaired) electrons. The Labute approximate surface area is 135 Å². The number of rotatable bonds is 4. The van der Waals surface area contributed by atoms with Gasteiger partial charge in [-0.15, -0.1) is 11.8 Å². The molecule has 1 aromatic carbocycles. The topological polar surface area (TPSA) is 25.8 Å². The lowest BCUT2D eigenvalue weighted by Gasteiger charge is -2.10. The number of aromatic nitrogens is 2. The first-order valence-corrected chi connectivity index (χ1v) is 8.23. The van der Waals surface area contributed by atoms with Gasteiger partial charge in [0.1, 0.15) is 16.8 Å². The highest BCUT2D eigenvalue weighted by atomic mass is 79.9. The Balaban J connectivity index is 2.15. The lowest BCUT2D eigenvalue weighted by Crippen LogP contribution is -2.02. The summed E-state index contributed by atoms with van der Waals surface area (Å²) < 4.78 is 13.6. The van der Waals surface area contributed by atoms with E-state index in [1.54, 1.807) is 23.9 Å². The predicted octanol–water partition coefficient (Wildman–Crippen LogP) is 5.45. The molecule has 20 heavy (non-hydrogen) atoms. The van der Waals surface area contributed by atoms with Crippen molar-refractivity contribution in [1.29, 1.82) is 0 Å². The second-order valence-electron chi connectivity index (χ2n) is 4.53. The molecule has 1 heterocycles. The Hall–Kier alpha value is -0.650. The van der Waals surface area contributed by atoms with Gasteiger partial charge in [-0.1, -0.05) is 25.4 Å². The molecule has 0 N–H and O–H groups in total. The van der Waals surface area contributed by atoms with Crippen LogP contribution in [0.2, 0.25) is 5.15 Å². The highest BCUT2D eigenvalue weighted by molar-refractivity contribution is 9.10. The maximum absolute atomic E-state index is 12.8. The van der Waals surface area contributed by atoms with Crippen LogP contribution >= 0.6 is 39.3 Å². The van der Waals surface area contributed by atoms with Gasteiger partial charge in [0.2, 0.25) is 0 Å². The number of halogens is 3. The zero-order valence-electron chi connectivity index (χ0n) is 11.0. The zero-order chi connectivity index (χ0) is 14.7. The van der Waals surface area contributed by atoms with E-state index >= 15 is 0 Å². The molecule has 0 atom stereocenters. The third-order valence-corrected chi connectivity index (χ3v) is 4.90. The van der Waals surface area contributed by atoms with Crippen LogP contribution in [0.1, 0.15) is 31.3 Å². The summed E-state index contributed by atoms with van der Waals surface area (Å²) in [6.07, 6.45) is 0. The van der Waals surface area contributed by atoms with Crippen molar-refractivity contribution in [3.05, 3.63) is 51.2 Å². The van der Waals surface area contributed by atoms with Crippen molar-refractivity contribution in [2.45, 2.75) is 30.4 Å². The van der Waals surface area contributed by atoms with E-state index in [0.717, 1.165) is 15.1 Å². The van der Waals surface area contributed by atoms with Crippen molar-refractivity contribution in [3.63, 3.8) is 0 Å². The van der Waals surface area contributed by atoms with E-state index in [9.17, 15) is 4.39 Å². The Bertz CT molecular complexity index is 605. The fourth-order valence-electron chi connectivity index (χ4n) is 1.61. The summed E-state index contributed by atoms with van der Waals surface area (Å²) >= 11 is 11.1. The number of hydrogen-bond donors (Lipinski definition) is 0. The van der Waals surface area contributed by atoms with Crippen molar-refractivity contribution in [2.75, 3.05) is 0 Å². The fourth-order valence-corrected chi connectivity index (χ4v) is 3.19. The van der Waals surface area contributed by atoms with Crippen molar-refractivity contribution in [2.24, 2.45) is 0 Å². The molecule has 0 spiro atoms. The van der Waals surface area contributed by atoms with E-state index in [-0.39, 0.29) is 11.7 Å². The Morgan fingerprint density at radius 2 is 1.90 bits per heavy atom. The van der Waals surface area contributed by atoms with Crippen LogP contribution in [0.4, 0.5) is 4.39 Å². The minimum absolute atomic E-state index is 0.237. The summed E-state index contributed by atoms with van der Waals surface area (Å²) in [6.45, 7) is 4.11. The molecule has 2 aromatic rings. The first-order valence-electron chi connectivity index (χ1n) is 6.07. The summed E-state index contributed by atoms with van der Waals surface area (Å²) in [6, 6.07) is 6.36. The molecule has 0 amide bonds. The van der Waals surface area contributed by atoms with Crippen LogP contribution in [0.3, 0.4) is 0 Å². The molecule has 2 rings (SSSR count). The second kappa shape index (κ2) is 6.87. The van der Waals surface area contributed by atoms with Crippen LogP contribution in [0.15, 0.2) is 33.6 Å². The molecule has 106 valence electrons. The highest BCUT2D eigenvalue weighted by Crippen LogP contribution is 2.30. The first-order chi connectivity index (χ1) is 9.47. The number of hydrogen-bond acceptors (Lipinski definition) is 3. The number of benzene rings is 1. The molecule has 0 aliphatic carbocycles. The molecule has 0 saturated carbocycles. The standard InChI is InChI=1S/C14H13BrClFN2S/c1-8(2)13-12(15)14(16)19-11(18-13)7-20-10-5-3-9(17)4-6-10/h3-6,8H,7H2,1-2H3. The van der Waals surface area contributed by atoms with Crippen LogP contribution in [-0.4, -0.2) is 9.97 Å². The number of nitrogens with zero attached hydrogens (tertiary/aromatic N) is 2. The quantitative estimate of drug-likeness (QED) is 0.525. The Kier molecular flexibility index (Phi) is 5.41. The SMILES string of the molecule is CC(C)c1nc(CSc2ccc(F)cc2)nc(Cl)c1Br. The van der Waals surface area contributed by atoms with Gasteiger partial charge in [0, 0.05) is 4.90 Å². The third-order valence-electron chi connectivity index (χ3n) is 2.61. The molecular formula is C14H13BrClFN2S. The smallest absolute Gasteiger partial charge is 0.147 e. The second-order valence-corrected chi connectivity index (χ2v) is 6.73. The molecule has 0 aliphatic rings. The molecule has 0 fully saturated rings. The molecule has 0 aliphatic heterocycles. The van der Waals surface area contributed by atoms with E-state index < -0.39 is 0 Å². The van der Waals surface area contributed by atoms with E-state index in [1.165, 1.54) is 12.1 Å². The Morgan fingerprint density at radius 3 is 2.50 bits per heavy atom. The summed E-state index contributed by atoms with van der Waals surface area (Å²) in [5.74, 6) is 1.30. The molecule has 6 heteroatoms. The van der Waals surface area contributed by atoms with E-state index in [2.05, 4.69) is 39.7 Å². The van der Waals surface area contributed by atoms with Crippen molar-refractivity contribution in [1.82, 2.24) is 9.97 Å². The molecule has 0 saturated heterocycles. The van der Waals surface area contributed by atoms with Gasteiger partial charge < -0.3 is 0 Å². The fraction of sp³-hybridized carbons (Fsp3) is 0.286. The third kappa shape index (κ3) is 3.93. The summed E-state index contributed by atoms with van der Waals surface area (Å²) in [7, 11) is 0. The predicted molar refractivity (Wildman–Crippen MR) is 84.8 cm³/mol. The molecular weight excluding hydrogens is 363 g/mol. The van der Waals surface area contributed by atoms with Gasteiger partial charge in [-0.05, 0) is 46.1 Å². The minimum Gasteiger partial charge on any atom is -0.235 e. The molecule has 0 bridgehead atoms. The highest BCUT2D eigenvalue weighted by Gasteiger charge is 2.13.